The molecule has 6 heteroatoms. The van der Waals surface area contributed by atoms with Gasteiger partial charge in [-0.2, -0.15) is 0 Å². The van der Waals surface area contributed by atoms with Gasteiger partial charge in [-0.3, -0.25) is 10.1 Å². The Bertz CT molecular complexity index is 365. The summed E-state index contributed by atoms with van der Waals surface area (Å²) in [7, 11) is 0. The van der Waals surface area contributed by atoms with E-state index in [1.54, 1.807) is 0 Å². The molecule has 0 aromatic carbocycles. The molecule has 0 aliphatic rings. The second kappa shape index (κ2) is 3.53. The Morgan fingerprint density at radius 3 is 2.77 bits per heavy atom. The molecule has 0 amide bonds. The van der Waals surface area contributed by atoms with Crippen molar-refractivity contribution in [2.24, 2.45) is 0 Å². The van der Waals surface area contributed by atoms with E-state index >= 15 is 0 Å². The van der Waals surface area contributed by atoms with Crippen LogP contribution in [-0.4, -0.2) is 16.0 Å². The monoisotopic (exact) mass is 183 g/mol. The first kappa shape index (κ1) is 8.98. The first-order chi connectivity index (χ1) is 6.09. The summed E-state index contributed by atoms with van der Waals surface area (Å²) >= 11 is 0. The fourth-order valence-corrected chi connectivity index (χ4v) is 0.692. The molecule has 0 unspecified atom stereocenters. The molecule has 1 rings (SSSR count). The number of aromatic carboxylic acids is 1. The summed E-state index contributed by atoms with van der Waals surface area (Å²) in [6, 6.07) is 2.56. The van der Waals surface area contributed by atoms with Gasteiger partial charge < -0.3 is 9.52 Å². The largest absolute Gasteiger partial charge is 0.475 e. The Hall–Kier alpha value is -2.11. The van der Waals surface area contributed by atoms with Crippen LogP contribution in [0.3, 0.4) is 0 Å². The molecular weight excluding hydrogens is 178 g/mol. The van der Waals surface area contributed by atoms with Crippen LogP contribution in [0.5, 0.6) is 0 Å². The molecule has 0 radical (unpaired) electrons. The van der Waals surface area contributed by atoms with Gasteiger partial charge >= 0.3 is 5.97 Å². The second-order valence-corrected chi connectivity index (χ2v) is 2.11. The van der Waals surface area contributed by atoms with Gasteiger partial charge in [-0.15, -0.1) is 0 Å². The number of carbonyl (C=O) groups is 1. The maximum absolute atomic E-state index is 10.3. The predicted octanol–water partition coefficient (Wildman–Crippen LogP) is 1.23. The summed E-state index contributed by atoms with van der Waals surface area (Å²) in [5.74, 6) is -1.32. The van der Waals surface area contributed by atoms with Crippen molar-refractivity contribution in [3.05, 3.63) is 40.0 Å². The number of carboxylic acid groups (broad SMARTS) is 1. The van der Waals surface area contributed by atoms with Gasteiger partial charge in [0.25, 0.3) is 0 Å². The highest BCUT2D eigenvalue weighted by Gasteiger charge is 2.07. The Labute approximate surface area is 72.2 Å². The molecule has 1 aromatic rings. The predicted molar refractivity (Wildman–Crippen MR) is 41.7 cm³/mol. The summed E-state index contributed by atoms with van der Waals surface area (Å²) in [5, 5.41) is 18.3. The number of hydrogen-bond donors (Lipinski definition) is 1. The highest BCUT2D eigenvalue weighted by molar-refractivity contribution is 5.84. The molecule has 0 spiro atoms. The first-order valence-corrected chi connectivity index (χ1v) is 3.24. The number of nitrogens with zero attached hydrogens (tertiary/aromatic N) is 1. The lowest BCUT2D eigenvalue weighted by Gasteiger charge is -1.83. The Morgan fingerprint density at radius 1 is 1.62 bits per heavy atom. The average Bonchev–Trinajstić information content (AvgIpc) is 2.48. The van der Waals surface area contributed by atoms with Crippen molar-refractivity contribution in [2.75, 3.05) is 0 Å². The quantitative estimate of drug-likeness (QED) is 0.561. The minimum Gasteiger partial charge on any atom is -0.475 e. The maximum atomic E-state index is 10.3. The van der Waals surface area contributed by atoms with Crippen LogP contribution in [0.4, 0.5) is 0 Å². The van der Waals surface area contributed by atoms with E-state index in [-0.39, 0.29) is 11.5 Å². The highest BCUT2D eigenvalue weighted by atomic mass is 16.6. The third-order valence-corrected chi connectivity index (χ3v) is 1.20. The lowest BCUT2D eigenvalue weighted by Crippen LogP contribution is -1.91. The lowest BCUT2D eigenvalue weighted by molar-refractivity contribution is -0.401. The van der Waals surface area contributed by atoms with E-state index < -0.39 is 10.9 Å². The molecule has 1 N–H and O–H groups in total. The molecule has 6 nitrogen and oxygen atoms in total. The molecule has 0 atom stereocenters. The molecule has 1 aromatic heterocycles. The van der Waals surface area contributed by atoms with Crippen molar-refractivity contribution in [3.8, 4) is 0 Å². The maximum Gasteiger partial charge on any atom is 0.371 e. The van der Waals surface area contributed by atoms with Crippen molar-refractivity contribution in [3.63, 3.8) is 0 Å². The standard InChI is InChI=1S/C7H5NO5/c9-7(10)6-2-1-5(13-6)3-4-8(11)12/h1-4H,(H,9,10)/b4-3+. The normalized spacial score (nSPS) is 10.5. The number of furan rings is 1. The van der Waals surface area contributed by atoms with Gasteiger partial charge in [0.05, 0.1) is 11.0 Å². The molecule has 1 heterocycles. The molecule has 0 saturated heterocycles. The van der Waals surface area contributed by atoms with Gasteiger partial charge in [0.15, 0.2) is 0 Å². The van der Waals surface area contributed by atoms with Gasteiger partial charge in [0.2, 0.25) is 12.0 Å². The summed E-state index contributed by atoms with van der Waals surface area (Å²) in [5.41, 5.74) is 0. The number of rotatable bonds is 3. The molecular formula is C7H5NO5. The van der Waals surface area contributed by atoms with Crippen LogP contribution < -0.4 is 0 Å². The van der Waals surface area contributed by atoms with E-state index in [0.29, 0.717) is 6.20 Å². The summed E-state index contributed by atoms with van der Waals surface area (Å²) in [6.07, 6.45) is 1.75. The van der Waals surface area contributed by atoms with Crippen LogP contribution in [0.2, 0.25) is 0 Å². The zero-order valence-corrected chi connectivity index (χ0v) is 6.34. The molecule has 13 heavy (non-hydrogen) atoms. The van der Waals surface area contributed by atoms with Gasteiger partial charge in [0, 0.05) is 0 Å². The van der Waals surface area contributed by atoms with E-state index in [1.165, 1.54) is 12.1 Å². The summed E-state index contributed by atoms with van der Waals surface area (Å²) in [6.45, 7) is 0. The molecule has 0 fully saturated rings. The number of carboxylic acids is 1. The third-order valence-electron chi connectivity index (χ3n) is 1.20. The fourth-order valence-electron chi connectivity index (χ4n) is 0.692. The van der Waals surface area contributed by atoms with Crippen molar-refractivity contribution >= 4 is 12.0 Å². The highest BCUT2D eigenvalue weighted by Crippen LogP contribution is 2.09. The van der Waals surface area contributed by atoms with Gasteiger partial charge in [-0.05, 0) is 12.1 Å². The van der Waals surface area contributed by atoms with Crippen molar-refractivity contribution in [1.29, 1.82) is 0 Å². The van der Waals surface area contributed by atoms with E-state index in [9.17, 15) is 14.9 Å². The minimum atomic E-state index is -1.21. The Balaban J connectivity index is 2.80. The summed E-state index contributed by atoms with van der Waals surface area (Å²) < 4.78 is 4.70. The van der Waals surface area contributed by atoms with Gasteiger partial charge in [-0.25, -0.2) is 4.79 Å². The average molecular weight is 183 g/mol. The van der Waals surface area contributed by atoms with Crippen LogP contribution in [0, 0.1) is 10.1 Å². The Kier molecular flexibility index (Phi) is 2.44. The molecule has 0 aliphatic heterocycles. The Morgan fingerprint density at radius 2 is 2.31 bits per heavy atom. The van der Waals surface area contributed by atoms with E-state index in [2.05, 4.69) is 0 Å². The third kappa shape index (κ3) is 2.44. The van der Waals surface area contributed by atoms with E-state index in [1.807, 2.05) is 0 Å². The smallest absolute Gasteiger partial charge is 0.371 e. The van der Waals surface area contributed by atoms with E-state index in [0.717, 1.165) is 6.08 Å². The van der Waals surface area contributed by atoms with Crippen molar-refractivity contribution in [2.45, 2.75) is 0 Å². The van der Waals surface area contributed by atoms with Crippen LogP contribution in [0.25, 0.3) is 6.08 Å². The molecule has 0 bridgehead atoms. The molecule has 68 valence electrons. The summed E-state index contributed by atoms with van der Waals surface area (Å²) in [4.78, 5) is 19.5. The zero-order valence-electron chi connectivity index (χ0n) is 6.34. The van der Waals surface area contributed by atoms with Crippen molar-refractivity contribution in [1.82, 2.24) is 0 Å². The van der Waals surface area contributed by atoms with E-state index in [4.69, 9.17) is 9.52 Å². The van der Waals surface area contributed by atoms with Crippen LogP contribution in [0.15, 0.2) is 22.7 Å². The lowest BCUT2D eigenvalue weighted by atomic mass is 10.4. The van der Waals surface area contributed by atoms with Gasteiger partial charge in [-0.1, -0.05) is 0 Å². The number of nitro groups is 1. The second-order valence-electron chi connectivity index (χ2n) is 2.11. The fraction of sp³-hybridized carbons (Fsp3) is 0. The topological polar surface area (TPSA) is 93.6 Å². The minimum absolute atomic E-state index is 0.133. The molecule has 0 aliphatic carbocycles. The van der Waals surface area contributed by atoms with Crippen LogP contribution >= 0.6 is 0 Å². The van der Waals surface area contributed by atoms with Gasteiger partial charge in [0.1, 0.15) is 5.76 Å². The first-order valence-electron chi connectivity index (χ1n) is 3.24. The molecule has 0 saturated carbocycles. The van der Waals surface area contributed by atoms with Crippen LogP contribution in [0.1, 0.15) is 16.3 Å². The van der Waals surface area contributed by atoms with Crippen LogP contribution in [-0.2, 0) is 0 Å². The number of hydrogen-bond acceptors (Lipinski definition) is 4. The zero-order chi connectivity index (χ0) is 9.84. The SMILES string of the molecule is O=C(O)c1ccc(/C=C/[N+](=O)[O-])o1. The van der Waals surface area contributed by atoms with Crippen molar-refractivity contribution < 1.29 is 19.2 Å².